The summed E-state index contributed by atoms with van der Waals surface area (Å²) >= 11 is 0. The van der Waals surface area contributed by atoms with Crippen LogP contribution in [0, 0.1) is 20.8 Å². The Labute approximate surface area is 149 Å². The first-order valence-corrected chi connectivity index (χ1v) is 8.53. The number of benzene rings is 2. The van der Waals surface area contributed by atoms with Gasteiger partial charge in [-0.3, -0.25) is 0 Å². The predicted octanol–water partition coefficient (Wildman–Crippen LogP) is 4.63. The molecule has 128 valence electrons. The van der Waals surface area contributed by atoms with E-state index < -0.39 is 0 Å². The van der Waals surface area contributed by atoms with Crippen molar-refractivity contribution < 1.29 is 0 Å². The Bertz CT molecular complexity index is 790. The molecule has 0 amide bonds. The number of anilines is 2. The second kappa shape index (κ2) is 7.79. The maximum atomic E-state index is 4.48. The second-order valence-corrected chi connectivity index (χ2v) is 6.37. The minimum absolute atomic E-state index is 0.745. The Morgan fingerprint density at radius 2 is 1.16 bits per heavy atom. The van der Waals surface area contributed by atoms with Crippen LogP contribution in [0.3, 0.4) is 0 Å². The van der Waals surface area contributed by atoms with Crippen LogP contribution in [0.1, 0.15) is 28.1 Å². The van der Waals surface area contributed by atoms with Crippen molar-refractivity contribution in [3.8, 4) is 0 Å². The van der Waals surface area contributed by atoms with Gasteiger partial charge in [-0.15, -0.1) is 0 Å². The number of nitrogens with one attached hydrogen (secondary N) is 2. The standard InChI is InChI=1S/C21H24N4/c1-15-6-4-8-18(10-15)13-22-20-12-21(25-17(3)24-20)23-14-19-9-5-7-16(2)11-19/h4-12H,13-14H2,1-3H3,(H2,22,23,24,25). The fourth-order valence-electron chi connectivity index (χ4n) is 2.78. The zero-order valence-electron chi connectivity index (χ0n) is 15.0. The Kier molecular flexibility index (Phi) is 5.29. The topological polar surface area (TPSA) is 49.8 Å². The minimum atomic E-state index is 0.745. The maximum absolute atomic E-state index is 4.48. The molecule has 0 radical (unpaired) electrons. The van der Waals surface area contributed by atoms with Crippen LogP contribution < -0.4 is 10.6 Å². The average Bonchev–Trinajstić information content (AvgIpc) is 2.58. The van der Waals surface area contributed by atoms with Gasteiger partial charge in [-0.2, -0.15) is 0 Å². The highest BCUT2D eigenvalue weighted by atomic mass is 15.1. The highest BCUT2D eigenvalue weighted by Crippen LogP contribution is 2.14. The van der Waals surface area contributed by atoms with E-state index in [1.807, 2.05) is 13.0 Å². The summed E-state index contributed by atoms with van der Waals surface area (Å²) in [7, 11) is 0. The molecule has 0 saturated heterocycles. The van der Waals surface area contributed by atoms with E-state index in [0.29, 0.717) is 0 Å². The molecule has 3 aromatic rings. The van der Waals surface area contributed by atoms with Crippen molar-refractivity contribution in [1.29, 1.82) is 0 Å². The Balaban J connectivity index is 1.65. The molecule has 4 nitrogen and oxygen atoms in total. The first kappa shape index (κ1) is 17.0. The van der Waals surface area contributed by atoms with E-state index in [1.165, 1.54) is 22.3 Å². The van der Waals surface area contributed by atoms with E-state index in [4.69, 9.17) is 0 Å². The van der Waals surface area contributed by atoms with Gasteiger partial charge in [0.2, 0.25) is 0 Å². The molecule has 0 spiro atoms. The number of aryl methyl sites for hydroxylation is 3. The highest BCUT2D eigenvalue weighted by molar-refractivity contribution is 5.48. The molecule has 0 saturated carbocycles. The van der Waals surface area contributed by atoms with Gasteiger partial charge in [0.05, 0.1) is 0 Å². The molecule has 0 aliphatic carbocycles. The summed E-state index contributed by atoms with van der Waals surface area (Å²) in [4.78, 5) is 8.96. The number of nitrogens with zero attached hydrogens (tertiary/aromatic N) is 2. The third-order valence-electron chi connectivity index (χ3n) is 3.95. The summed E-state index contributed by atoms with van der Waals surface area (Å²) < 4.78 is 0. The summed E-state index contributed by atoms with van der Waals surface area (Å²) in [5.41, 5.74) is 5.01. The van der Waals surface area contributed by atoms with Gasteiger partial charge in [0.25, 0.3) is 0 Å². The average molecular weight is 332 g/mol. The molecule has 2 N–H and O–H groups in total. The van der Waals surface area contributed by atoms with Gasteiger partial charge in [0.15, 0.2) is 0 Å². The van der Waals surface area contributed by atoms with E-state index in [0.717, 1.165) is 30.5 Å². The lowest BCUT2D eigenvalue weighted by Crippen LogP contribution is -2.07. The SMILES string of the molecule is Cc1cccc(CNc2cc(NCc3cccc(C)c3)nc(C)n2)c1. The molecule has 3 rings (SSSR count). The predicted molar refractivity (Wildman–Crippen MR) is 104 cm³/mol. The molecular formula is C21H24N4. The van der Waals surface area contributed by atoms with Gasteiger partial charge in [-0.25, -0.2) is 9.97 Å². The van der Waals surface area contributed by atoms with Crippen LogP contribution in [-0.2, 0) is 13.1 Å². The summed E-state index contributed by atoms with van der Waals surface area (Å²) in [5.74, 6) is 2.42. The molecule has 0 bridgehead atoms. The number of hydrogen-bond acceptors (Lipinski definition) is 4. The number of aromatic nitrogens is 2. The lowest BCUT2D eigenvalue weighted by molar-refractivity contribution is 1.00. The lowest BCUT2D eigenvalue weighted by atomic mass is 10.1. The Morgan fingerprint density at radius 1 is 0.680 bits per heavy atom. The van der Waals surface area contributed by atoms with Crippen LogP contribution in [-0.4, -0.2) is 9.97 Å². The van der Waals surface area contributed by atoms with Crippen LogP contribution in [0.4, 0.5) is 11.6 Å². The van der Waals surface area contributed by atoms with E-state index >= 15 is 0 Å². The first-order valence-electron chi connectivity index (χ1n) is 8.53. The Hall–Kier alpha value is -2.88. The van der Waals surface area contributed by atoms with Crippen molar-refractivity contribution in [2.75, 3.05) is 10.6 Å². The second-order valence-electron chi connectivity index (χ2n) is 6.37. The summed E-state index contributed by atoms with van der Waals surface area (Å²) in [6.45, 7) is 7.61. The van der Waals surface area contributed by atoms with Gasteiger partial charge in [-0.05, 0) is 31.9 Å². The molecule has 0 aliphatic rings. The van der Waals surface area contributed by atoms with Gasteiger partial charge in [-0.1, -0.05) is 59.7 Å². The maximum Gasteiger partial charge on any atom is 0.132 e. The van der Waals surface area contributed by atoms with Gasteiger partial charge < -0.3 is 10.6 Å². The fraction of sp³-hybridized carbons (Fsp3) is 0.238. The normalized spacial score (nSPS) is 10.5. The molecule has 1 heterocycles. The van der Waals surface area contributed by atoms with Gasteiger partial charge in [0.1, 0.15) is 17.5 Å². The van der Waals surface area contributed by atoms with E-state index in [9.17, 15) is 0 Å². The van der Waals surface area contributed by atoms with Crippen LogP contribution in [0.15, 0.2) is 54.6 Å². The first-order chi connectivity index (χ1) is 12.1. The zero-order valence-corrected chi connectivity index (χ0v) is 15.0. The molecule has 1 aromatic heterocycles. The van der Waals surface area contributed by atoms with E-state index in [2.05, 4.69) is 83.0 Å². The third kappa shape index (κ3) is 5.05. The van der Waals surface area contributed by atoms with Crippen LogP contribution in [0.2, 0.25) is 0 Å². The fourth-order valence-corrected chi connectivity index (χ4v) is 2.78. The van der Waals surface area contributed by atoms with Crippen molar-refractivity contribution in [2.45, 2.75) is 33.9 Å². The molecule has 2 aromatic carbocycles. The van der Waals surface area contributed by atoms with Gasteiger partial charge in [0, 0.05) is 19.2 Å². The summed E-state index contributed by atoms with van der Waals surface area (Å²) in [5, 5.41) is 6.77. The van der Waals surface area contributed by atoms with Crippen molar-refractivity contribution in [3.63, 3.8) is 0 Å². The van der Waals surface area contributed by atoms with E-state index in [-0.39, 0.29) is 0 Å². The molecule has 25 heavy (non-hydrogen) atoms. The van der Waals surface area contributed by atoms with Crippen LogP contribution >= 0.6 is 0 Å². The molecule has 4 heteroatoms. The largest absolute Gasteiger partial charge is 0.366 e. The van der Waals surface area contributed by atoms with E-state index in [1.54, 1.807) is 0 Å². The number of hydrogen-bond donors (Lipinski definition) is 2. The van der Waals surface area contributed by atoms with Crippen molar-refractivity contribution >= 4 is 11.6 Å². The summed E-state index contributed by atoms with van der Waals surface area (Å²) in [6, 6.07) is 18.9. The quantitative estimate of drug-likeness (QED) is 0.691. The zero-order chi connectivity index (χ0) is 17.6. The van der Waals surface area contributed by atoms with Crippen molar-refractivity contribution in [3.05, 3.63) is 82.7 Å². The smallest absolute Gasteiger partial charge is 0.132 e. The monoisotopic (exact) mass is 332 g/mol. The van der Waals surface area contributed by atoms with Crippen LogP contribution in [0.5, 0.6) is 0 Å². The lowest BCUT2D eigenvalue weighted by Gasteiger charge is -2.11. The molecule has 0 atom stereocenters. The van der Waals surface area contributed by atoms with Crippen LogP contribution in [0.25, 0.3) is 0 Å². The molecular weight excluding hydrogens is 308 g/mol. The minimum Gasteiger partial charge on any atom is -0.366 e. The highest BCUT2D eigenvalue weighted by Gasteiger charge is 2.03. The number of rotatable bonds is 6. The summed E-state index contributed by atoms with van der Waals surface area (Å²) in [6.07, 6.45) is 0. The van der Waals surface area contributed by atoms with Crippen molar-refractivity contribution in [2.24, 2.45) is 0 Å². The third-order valence-corrected chi connectivity index (χ3v) is 3.95. The van der Waals surface area contributed by atoms with Crippen molar-refractivity contribution in [1.82, 2.24) is 9.97 Å². The molecule has 0 unspecified atom stereocenters. The molecule has 0 aliphatic heterocycles. The Morgan fingerprint density at radius 3 is 1.60 bits per heavy atom. The van der Waals surface area contributed by atoms with Gasteiger partial charge >= 0.3 is 0 Å². The molecule has 0 fully saturated rings.